The number of hydrogen-bond acceptors (Lipinski definition) is 8. The van der Waals surface area contributed by atoms with Crippen LogP contribution < -0.4 is 15.8 Å². The Morgan fingerprint density at radius 1 is 0.860 bits per heavy atom. The molecule has 1 aromatic carbocycles. The number of nitrogens with one attached hydrogen (secondary N) is 1. The Bertz CT molecular complexity index is 1220. The largest absolute Gasteiger partial charge is 0.494 e. The average molecular weight is 703 g/mol. The number of carboxylic acids is 1. The van der Waals surface area contributed by atoms with Crippen LogP contribution in [0.2, 0.25) is 0 Å². The predicted octanol–water partition coefficient (Wildman–Crippen LogP) is 6.37. The summed E-state index contributed by atoms with van der Waals surface area (Å²) in [7, 11) is 0. The van der Waals surface area contributed by atoms with E-state index in [-0.39, 0.29) is 6.42 Å². The minimum absolute atomic E-state index is 0.0885. The van der Waals surface area contributed by atoms with Gasteiger partial charge in [-0.2, -0.15) is 0 Å². The van der Waals surface area contributed by atoms with E-state index < -0.39 is 53.3 Å². The number of esters is 1. The molecule has 11 heteroatoms. The molecule has 0 saturated heterocycles. The number of rotatable bonds is 27. The van der Waals surface area contributed by atoms with Crippen LogP contribution in [0, 0.1) is 5.92 Å². The van der Waals surface area contributed by atoms with Crippen molar-refractivity contribution < 1.29 is 43.7 Å². The Labute approximate surface area is 298 Å². The highest BCUT2D eigenvalue weighted by Gasteiger charge is 2.50. The lowest BCUT2D eigenvalue weighted by Crippen LogP contribution is -2.57. The fourth-order valence-electron chi connectivity index (χ4n) is 5.38. The van der Waals surface area contributed by atoms with Gasteiger partial charge >= 0.3 is 11.9 Å². The number of amides is 2. The number of nitrogens with two attached hydrogens (primary N) is 1. The molecule has 0 fully saturated rings. The number of allylic oxidation sites excluding steroid dienone is 1. The number of benzene rings is 1. The van der Waals surface area contributed by atoms with Crippen LogP contribution in [0.5, 0.6) is 5.75 Å². The highest BCUT2D eigenvalue weighted by atomic mass is 16.6. The summed E-state index contributed by atoms with van der Waals surface area (Å²) in [6.07, 6.45) is 14.2. The van der Waals surface area contributed by atoms with Crippen molar-refractivity contribution in [2.75, 3.05) is 6.61 Å². The van der Waals surface area contributed by atoms with Crippen molar-refractivity contribution in [3.05, 3.63) is 42.0 Å². The molecule has 5 N–H and O–H groups in total. The fraction of sp³-hybridized carbons (Fsp3) is 0.667. The predicted molar refractivity (Wildman–Crippen MR) is 193 cm³/mol. The Hall–Kier alpha value is -3.73. The second-order valence-corrected chi connectivity index (χ2v) is 14.1. The molecule has 1 aromatic rings. The van der Waals surface area contributed by atoms with Crippen molar-refractivity contribution >= 4 is 29.5 Å². The van der Waals surface area contributed by atoms with Crippen molar-refractivity contribution in [1.29, 1.82) is 0 Å². The van der Waals surface area contributed by atoms with E-state index in [0.717, 1.165) is 44.9 Å². The van der Waals surface area contributed by atoms with Crippen LogP contribution in [0.1, 0.15) is 136 Å². The maximum Gasteiger partial charge on any atom is 0.340 e. The van der Waals surface area contributed by atoms with E-state index in [1.165, 1.54) is 25.3 Å². The maximum absolute atomic E-state index is 13.7. The third-order valence-corrected chi connectivity index (χ3v) is 8.20. The first-order valence-corrected chi connectivity index (χ1v) is 18.3. The van der Waals surface area contributed by atoms with Gasteiger partial charge in [0.2, 0.25) is 11.8 Å². The average Bonchev–Trinajstić information content (AvgIpc) is 3.03. The van der Waals surface area contributed by atoms with Gasteiger partial charge in [0.25, 0.3) is 0 Å². The van der Waals surface area contributed by atoms with Gasteiger partial charge in [-0.25, -0.2) is 9.59 Å². The Morgan fingerprint density at radius 3 is 1.98 bits per heavy atom. The quantitative estimate of drug-likeness (QED) is 0.0460. The molecule has 0 saturated carbocycles. The number of aliphatic hydroxyl groups is 1. The Morgan fingerprint density at radius 2 is 1.44 bits per heavy atom. The lowest BCUT2D eigenvalue weighted by molar-refractivity contribution is -0.185. The zero-order valence-corrected chi connectivity index (χ0v) is 31.0. The highest BCUT2D eigenvalue weighted by Crippen LogP contribution is 2.29. The molecule has 0 bridgehead atoms. The maximum atomic E-state index is 13.7. The third kappa shape index (κ3) is 18.3. The molecule has 0 unspecified atom stereocenters. The first-order chi connectivity index (χ1) is 23.6. The number of carboxylic acid groups (broad SMARTS) is 1. The normalized spacial score (nSPS) is 14.0. The van der Waals surface area contributed by atoms with Crippen LogP contribution in [-0.2, 0) is 35.1 Å². The second kappa shape index (κ2) is 23.6. The Balaban J connectivity index is 3.03. The number of ether oxygens (including phenoxy) is 2. The number of Topliss-reactive ketones (excluding diaryl/α,β-unsaturated/α-hetero) is 1. The topological polar surface area (TPSA) is 182 Å². The van der Waals surface area contributed by atoms with Crippen LogP contribution >= 0.6 is 0 Å². The summed E-state index contributed by atoms with van der Waals surface area (Å²) >= 11 is 0. The SMILES string of the molecule is CCCCCCCC(=O)CCCCCC/C=C/[C@H](C(=O)N[C@@H](Cc1ccc(OCCCC)cc1)C(=O)O)[C@@](O)(CC(N)=O)C(=O)OC(C)(C)C. The third-order valence-electron chi connectivity index (χ3n) is 8.20. The molecular weight excluding hydrogens is 640 g/mol. The summed E-state index contributed by atoms with van der Waals surface area (Å²) < 4.78 is 11.1. The van der Waals surface area contributed by atoms with E-state index in [9.17, 15) is 34.2 Å². The molecule has 0 spiro atoms. The first-order valence-electron chi connectivity index (χ1n) is 18.3. The van der Waals surface area contributed by atoms with Crippen LogP contribution in [-0.4, -0.2) is 63.6 Å². The molecule has 0 aliphatic rings. The summed E-state index contributed by atoms with van der Waals surface area (Å²) in [5, 5.41) is 24.1. The molecule has 0 radical (unpaired) electrons. The number of unbranched alkanes of at least 4 members (excludes halogenated alkanes) is 9. The zero-order valence-electron chi connectivity index (χ0n) is 31.0. The summed E-state index contributed by atoms with van der Waals surface area (Å²) in [6.45, 7) is 9.49. The van der Waals surface area contributed by atoms with E-state index in [0.29, 0.717) is 49.4 Å². The molecule has 2 amide bonds. The van der Waals surface area contributed by atoms with E-state index >= 15 is 0 Å². The molecule has 3 atom stereocenters. The zero-order chi connectivity index (χ0) is 37.6. The summed E-state index contributed by atoms with van der Waals surface area (Å²) in [5.41, 5.74) is 2.26. The molecular formula is C39H62N2O9. The molecule has 0 aliphatic carbocycles. The van der Waals surface area contributed by atoms with Crippen molar-refractivity contribution in [1.82, 2.24) is 5.32 Å². The van der Waals surface area contributed by atoms with Gasteiger partial charge in [-0.05, 0) is 70.6 Å². The van der Waals surface area contributed by atoms with Gasteiger partial charge in [0.1, 0.15) is 23.2 Å². The van der Waals surface area contributed by atoms with Crippen molar-refractivity contribution in [3.8, 4) is 5.75 Å². The van der Waals surface area contributed by atoms with Gasteiger partial charge in [0, 0.05) is 19.3 Å². The number of primary amides is 1. The van der Waals surface area contributed by atoms with Crippen molar-refractivity contribution in [2.24, 2.45) is 11.7 Å². The second-order valence-electron chi connectivity index (χ2n) is 14.1. The van der Waals surface area contributed by atoms with Gasteiger partial charge in [0.05, 0.1) is 18.9 Å². The lowest BCUT2D eigenvalue weighted by Gasteiger charge is -2.34. The molecule has 1 rings (SSSR count). The minimum Gasteiger partial charge on any atom is -0.494 e. The summed E-state index contributed by atoms with van der Waals surface area (Å²) in [4.78, 5) is 63.6. The number of hydrogen-bond donors (Lipinski definition) is 4. The van der Waals surface area contributed by atoms with Crippen LogP contribution in [0.15, 0.2) is 36.4 Å². The van der Waals surface area contributed by atoms with E-state index in [4.69, 9.17) is 15.2 Å². The van der Waals surface area contributed by atoms with Crippen LogP contribution in [0.25, 0.3) is 0 Å². The monoisotopic (exact) mass is 702 g/mol. The van der Waals surface area contributed by atoms with Gasteiger partial charge in [0.15, 0.2) is 5.60 Å². The summed E-state index contributed by atoms with van der Waals surface area (Å²) in [5.74, 6) is -5.33. The van der Waals surface area contributed by atoms with Crippen LogP contribution in [0.4, 0.5) is 0 Å². The molecule has 11 nitrogen and oxygen atoms in total. The molecule has 0 heterocycles. The highest BCUT2D eigenvalue weighted by molar-refractivity contribution is 5.96. The number of carbonyl (C=O) groups excluding carboxylic acids is 4. The molecule has 282 valence electrons. The first kappa shape index (κ1) is 44.3. The summed E-state index contributed by atoms with van der Waals surface area (Å²) in [6, 6.07) is 5.43. The lowest BCUT2D eigenvalue weighted by atomic mass is 9.82. The molecule has 0 aromatic heterocycles. The minimum atomic E-state index is -2.70. The smallest absolute Gasteiger partial charge is 0.340 e. The molecule has 50 heavy (non-hydrogen) atoms. The van der Waals surface area contributed by atoms with Gasteiger partial charge < -0.3 is 30.7 Å². The fourth-order valence-corrected chi connectivity index (χ4v) is 5.38. The van der Waals surface area contributed by atoms with E-state index in [2.05, 4.69) is 19.2 Å². The van der Waals surface area contributed by atoms with Crippen molar-refractivity contribution in [2.45, 2.75) is 155 Å². The van der Waals surface area contributed by atoms with Gasteiger partial charge in [-0.3, -0.25) is 14.4 Å². The van der Waals surface area contributed by atoms with E-state index in [1.54, 1.807) is 51.1 Å². The van der Waals surface area contributed by atoms with Crippen molar-refractivity contribution in [3.63, 3.8) is 0 Å². The number of carbonyl (C=O) groups is 5. The number of ketones is 1. The standard InChI is InChI=1S/C39H62N2O9/c1-6-8-10-13-16-19-30(42)20-17-14-11-12-15-18-21-32(39(48,28-34(40)43)37(47)50-38(3,4)5)35(44)41-33(36(45)46)27-29-22-24-31(25-23-29)49-26-9-7-2/h18,21-25,32-33,48H,6-17,19-20,26-28H2,1-5H3,(H2,40,43)(H,41,44)(H,45,46)/b21-18+/t32-,33+,39+/m1/s1. The van der Waals surface area contributed by atoms with E-state index in [1.807, 2.05) is 0 Å². The number of aliphatic carboxylic acids is 1. The van der Waals surface area contributed by atoms with Gasteiger partial charge in [-0.15, -0.1) is 0 Å². The van der Waals surface area contributed by atoms with Crippen LogP contribution in [0.3, 0.4) is 0 Å². The Kier molecular flexibility index (Phi) is 20.9. The van der Waals surface area contributed by atoms with Gasteiger partial charge in [-0.1, -0.05) is 83.1 Å². The molecule has 0 aliphatic heterocycles.